The zero-order chi connectivity index (χ0) is 8.97. The van der Waals surface area contributed by atoms with Gasteiger partial charge in [-0.1, -0.05) is 18.2 Å². The van der Waals surface area contributed by atoms with E-state index in [0.717, 1.165) is 5.57 Å². The largest absolute Gasteiger partial charge is 0.197 e. The summed E-state index contributed by atoms with van der Waals surface area (Å²) in [6.07, 6.45) is 7.08. The molecule has 0 aromatic rings. The molecule has 1 rings (SSSR count). The lowest BCUT2D eigenvalue weighted by Gasteiger charge is -2.02. The van der Waals surface area contributed by atoms with Gasteiger partial charge < -0.3 is 0 Å². The summed E-state index contributed by atoms with van der Waals surface area (Å²) in [5, 5.41) is 17.4. The van der Waals surface area contributed by atoms with Gasteiger partial charge in [0.05, 0.1) is 23.6 Å². The van der Waals surface area contributed by atoms with Gasteiger partial charge in [-0.15, -0.1) is 0 Å². The lowest BCUT2D eigenvalue weighted by atomic mass is 9.98. The lowest BCUT2D eigenvalue weighted by Crippen LogP contribution is -1.95. The van der Waals surface area contributed by atoms with Gasteiger partial charge in [0.25, 0.3) is 0 Å². The Morgan fingerprint density at radius 1 is 1.33 bits per heavy atom. The van der Waals surface area contributed by atoms with Crippen LogP contribution in [0.15, 0.2) is 35.5 Å². The number of hydrogen-bond donors (Lipinski definition) is 0. The Kier molecular flexibility index (Phi) is 2.46. The molecule has 0 aromatic carbocycles. The molecule has 0 amide bonds. The van der Waals surface area contributed by atoms with Gasteiger partial charge in [0, 0.05) is 0 Å². The smallest absolute Gasteiger partial charge is 0.0991 e. The van der Waals surface area contributed by atoms with Gasteiger partial charge in [0.2, 0.25) is 0 Å². The summed E-state index contributed by atoms with van der Waals surface area (Å²) >= 11 is 0. The number of nitrogens with zero attached hydrogens (tertiary/aromatic N) is 2. The molecule has 0 N–H and O–H groups in total. The molecule has 2 nitrogen and oxygen atoms in total. The maximum absolute atomic E-state index is 8.73. The Morgan fingerprint density at radius 3 is 2.67 bits per heavy atom. The van der Waals surface area contributed by atoms with Crippen molar-refractivity contribution in [2.75, 3.05) is 0 Å². The molecule has 1 unspecified atom stereocenters. The molecular weight excluding hydrogens is 148 g/mol. The van der Waals surface area contributed by atoms with Crippen molar-refractivity contribution in [2.24, 2.45) is 5.92 Å². The minimum atomic E-state index is -0.255. The van der Waals surface area contributed by atoms with Crippen LogP contribution in [0.1, 0.15) is 6.92 Å². The first-order valence-corrected chi connectivity index (χ1v) is 3.65. The van der Waals surface area contributed by atoms with Crippen LogP contribution >= 0.6 is 0 Å². The minimum Gasteiger partial charge on any atom is -0.197 e. The minimum absolute atomic E-state index is 0.255. The van der Waals surface area contributed by atoms with Gasteiger partial charge in [0.1, 0.15) is 0 Å². The average Bonchev–Trinajstić information content (AvgIpc) is 2.27. The van der Waals surface area contributed by atoms with Crippen molar-refractivity contribution < 1.29 is 0 Å². The van der Waals surface area contributed by atoms with E-state index in [1.54, 1.807) is 24.3 Å². The molecule has 1 aliphatic rings. The van der Waals surface area contributed by atoms with Crippen LogP contribution in [0.2, 0.25) is 0 Å². The van der Waals surface area contributed by atoms with Gasteiger partial charge in [-0.3, -0.25) is 0 Å². The van der Waals surface area contributed by atoms with Gasteiger partial charge in [-0.2, -0.15) is 10.5 Å². The van der Waals surface area contributed by atoms with Gasteiger partial charge in [-0.05, 0) is 18.6 Å². The molecule has 0 saturated heterocycles. The van der Waals surface area contributed by atoms with Crippen LogP contribution in [0, 0.1) is 28.6 Å². The third-order valence-electron chi connectivity index (χ3n) is 1.83. The SMILES string of the molecule is CC1=C(C#N)C=CC=CC1C#N. The Bertz CT molecular complexity index is 345. The fourth-order valence-corrected chi connectivity index (χ4v) is 1.04. The number of rotatable bonds is 0. The zero-order valence-electron chi connectivity index (χ0n) is 6.78. The van der Waals surface area contributed by atoms with Crippen molar-refractivity contribution in [1.29, 1.82) is 10.5 Å². The Labute approximate surface area is 71.7 Å². The van der Waals surface area contributed by atoms with Crippen LogP contribution in [0.4, 0.5) is 0 Å². The second-order valence-corrected chi connectivity index (χ2v) is 2.56. The summed E-state index contributed by atoms with van der Waals surface area (Å²) in [4.78, 5) is 0. The van der Waals surface area contributed by atoms with E-state index in [1.165, 1.54) is 0 Å². The summed E-state index contributed by atoms with van der Waals surface area (Å²) in [5.74, 6) is -0.255. The van der Waals surface area contributed by atoms with Crippen LogP contribution in [0.3, 0.4) is 0 Å². The maximum atomic E-state index is 8.73. The first-order chi connectivity index (χ1) is 5.79. The highest BCUT2D eigenvalue weighted by Crippen LogP contribution is 2.19. The molecule has 1 atom stereocenters. The number of nitriles is 2. The van der Waals surface area contributed by atoms with Crippen LogP contribution < -0.4 is 0 Å². The third kappa shape index (κ3) is 1.44. The molecular formula is C10H8N2. The monoisotopic (exact) mass is 156 g/mol. The van der Waals surface area contributed by atoms with Crippen molar-refractivity contribution in [1.82, 2.24) is 0 Å². The lowest BCUT2D eigenvalue weighted by molar-refractivity contribution is 0.975. The molecule has 2 heteroatoms. The first kappa shape index (κ1) is 8.30. The summed E-state index contributed by atoms with van der Waals surface area (Å²) in [5.41, 5.74) is 1.41. The van der Waals surface area contributed by atoms with Crippen molar-refractivity contribution in [3.05, 3.63) is 35.5 Å². The van der Waals surface area contributed by atoms with Crippen molar-refractivity contribution in [2.45, 2.75) is 6.92 Å². The Balaban J connectivity index is 3.15. The van der Waals surface area contributed by atoms with Crippen LogP contribution in [0.5, 0.6) is 0 Å². The quantitative estimate of drug-likeness (QED) is 0.539. The molecule has 0 bridgehead atoms. The van der Waals surface area contributed by atoms with E-state index >= 15 is 0 Å². The Morgan fingerprint density at radius 2 is 2.08 bits per heavy atom. The van der Waals surface area contributed by atoms with Crippen molar-refractivity contribution in [3.63, 3.8) is 0 Å². The van der Waals surface area contributed by atoms with E-state index in [1.807, 2.05) is 6.92 Å². The molecule has 12 heavy (non-hydrogen) atoms. The maximum Gasteiger partial charge on any atom is 0.0991 e. The summed E-state index contributed by atoms with van der Waals surface area (Å²) < 4.78 is 0. The van der Waals surface area contributed by atoms with Crippen LogP contribution in [-0.4, -0.2) is 0 Å². The second kappa shape index (κ2) is 3.55. The fraction of sp³-hybridized carbons (Fsp3) is 0.200. The van der Waals surface area contributed by atoms with E-state index < -0.39 is 0 Å². The highest BCUT2D eigenvalue weighted by Gasteiger charge is 2.10. The van der Waals surface area contributed by atoms with E-state index in [9.17, 15) is 0 Å². The highest BCUT2D eigenvalue weighted by atomic mass is 14.3. The molecule has 0 aliphatic heterocycles. The molecule has 0 spiro atoms. The zero-order valence-corrected chi connectivity index (χ0v) is 6.78. The normalized spacial score (nSPS) is 21.4. The molecule has 0 radical (unpaired) electrons. The molecule has 0 aromatic heterocycles. The summed E-state index contributed by atoms with van der Waals surface area (Å²) in [6, 6.07) is 4.18. The van der Waals surface area contributed by atoms with Crippen LogP contribution in [-0.2, 0) is 0 Å². The van der Waals surface area contributed by atoms with Gasteiger partial charge in [-0.25, -0.2) is 0 Å². The Hall–Kier alpha value is -1.80. The van der Waals surface area contributed by atoms with Crippen molar-refractivity contribution in [3.8, 4) is 12.1 Å². The average molecular weight is 156 g/mol. The number of allylic oxidation sites excluding steroid dienone is 6. The van der Waals surface area contributed by atoms with E-state index in [2.05, 4.69) is 12.1 Å². The van der Waals surface area contributed by atoms with Crippen LogP contribution in [0.25, 0.3) is 0 Å². The molecule has 0 saturated carbocycles. The predicted molar refractivity (Wildman–Crippen MR) is 45.7 cm³/mol. The molecule has 1 aliphatic carbocycles. The van der Waals surface area contributed by atoms with Crippen molar-refractivity contribution >= 4 is 0 Å². The molecule has 58 valence electrons. The molecule has 0 fully saturated rings. The van der Waals surface area contributed by atoms with E-state index in [4.69, 9.17) is 10.5 Å². The predicted octanol–water partition coefficient (Wildman–Crippen LogP) is 2.09. The standard InChI is InChI=1S/C10H8N2/c1-8-9(6-11)4-2-3-5-10(8)7-12/h2-5,9H,1H3. The van der Waals surface area contributed by atoms with Gasteiger partial charge in [0.15, 0.2) is 0 Å². The fourth-order valence-electron chi connectivity index (χ4n) is 1.04. The number of hydrogen-bond acceptors (Lipinski definition) is 2. The van der Waals surface area contributed by atoms with E-state index in [0.29, 0.717) is 5.57 Å². The summed E-state index contributed by atoms with van der Waals surface area (Å²) in [6.45, 7) is 1.81. The van der Waals surface area contributed by atoms with E-state index in [-0.39, 0.29) is 5.92 Å². The first-order valence-electron chi connectivity index (χ1n) is 3.65. The second-order valence-electron chi connectivity index (χ2n) is 2.56. The summed E-state index contributed by atoms with van der Waals surface area (Å²) in [7, 11) is 0. The highest BCUT2D eigenvalue weighted by molar-refractivity contribution is 5.44. The molecule has 0 heterocycles. The van der Waals surface area contributed by atoms with Gasteiger partial charge >= 0.3 is 0 Å². The topological polar surface area (TPSA) is 47.6 Å². The third-order valence-corrected chi connectivity index (χ3v) is 1.83.